The van der Waals surface area contributed by atoms with Gasteiger partial charge in [-0.2, -0.15) is 0 Å². The second kappa shape index (κ2) is 11.3. The Labute approximate surface area is 134 Å². The molecule has 126 valence electrons. The van der Waals surface area contributed by atoms with Crippen molar-refractivity contribution < 1.29 is 14.2 Å². The predicted molar refractivity (Wildman–Crippen MR) is 91.0 cm³/mol. The molecule has 0 radical (unpaired) electrons. The zero-order valence-electron chi connectivity index (χ0n) is 14.4. The quantitative estimate of drug-likeness (QED) is 0.600. The van der Waals surface area contributed by atoms with Crippen molar-refractivity contribution in [3.05, 3.63) is 23.8 Å². The van der Waals surface area contributed by atoms with Crippen molar-refractivity contribution >= 4 is 5.69 Å². The molecule has 1 N–H and O–H groups in total. The maximum Gasteiger partial charge on any atom is 0.142 e. The van der Waals surface area contributed by atoms with Gasteiger partial charge in [-0.3, -0.25) is 0 Å². The van der Waals surface area contributed by atoms with Gasteiger partial charge in [0.05, 0.1) is 26.0 Å². The highest BCUT2D eigenvalue weighted by Gasteiger charge is 2.12. The standard InChI is InChI=1S/C17H30N2O3/c1-5-8-18-14-15-6-7-16(17(13-15)22-4)19(9-11-20-2)10-12-21-3/h6-7,13,18H,5,8-12,14H2,1-4H3. The van der Waals surface area contributed by atoms with E-state index >= 15 is 0 Å². The lowest BCUT2D eigenvalue weighted by molar-refractivity contribution is 0.190. The van der Waals surface area contributed by atoms with E-state index in [1.807, 2.05) is 0 Å². The summed E-state index contributed by atoms with van der Waals surface area (Å²) in [5.74, 6) is 0.892. The van der Waals surface area contributed by atoms with Crippen LogP contribution in [0.1, 0.15) is 18.9 Å². The fourth-order valence-corrected chi connectivity index (χ4v) is 2.26. The number of rotatable bonds is 12. The van der Waals surface area contributed by atoms with Gasteiger partial charge in [0, 0.05) is 33.9 Å². The molecule has 0 aliphatic rings. The van der Waals surface area contributed by atoms with Crippen molar-refractivity contribution in [2.75, 3.05) is 59.1 Å². The molecular weight excluding hydrogens is 280 g/mol. The van der Waals surface area contributed by atoms with Crippen LogP contribution < -0.4 is 15.0 Å². The van der Waals surface area contributed by atoms with Crippen molar-refractivity contribution in [3.8, 4) is 5.75 Å². The first kappa shape index (κ1) is 18.7. The average molecular weight is 310 g/mol. The first-order valence-corrected chi connectivity index (χ1v) is 7.87. The van der Waals surface area contributed by atoms with Crippen LogP contribution in [-0.2, 0) is 16.0 Å². The summed E-state index contributed by atoms with van der Waals surface area (Å²) in [6.45, 7) is 7.02. The van der Waals surface area contributed by atoms with Crippen LogP contribution in [0, 0.1) is 0 Å². The number of ether oxygens (including phenoxy) is 3. The van der Waals surface area contributed by atoms with E-state index in [0.29, 0.717) is 13.2 Å². The molecule has 0 aliphatic carbocycles. The summed E-state index contributed by atoms with van der Waals surface area (Å²) in [5.41, 5.74) is 2.31. The smallest absolute Gasteiger partial charge is 0.142 e. The van der Waals surface area contributed by atoms with Crippen LogP contribution in [-0.4, -0.2) is 54.2 Å². The van der Waals surface area contributed by atoms with E-state index in [0.717, 1.165) is 44.0 Å². The first-order valence-electron chi connectivity index (χ1n) is 7.87. The number of nitrogens with zero attached hydrogens (tertiary/aromatic N) is 1. The second-order valence-corrected chi connectivity index (χ2v) is 5.16. The highest BCUT2D eigenvalue weighted by atomic mass is 16.5. The van der Waals surface area contributed by atoms with Gasteiger partial charge in [-0.25, -0.2) is 0 Å². The number of hydrogen-bond donors (Lipinski definition) is 1. The van der Waals surface area contributed by atoms with Crippen LogP contribution in [0.4, 0.5) is 5.69 Å². The molecule has 0 unspecified atom stereocenters. The van der Waals surface area contributed by atoms with Crippen molar-refractivity contribution in [1.29, 1.82) is 0 Å². The molecule has 0 atom stereocenters. The number of hydrogen-bond acceptors (Lipinski definition) is 5. The van der Waals surface area contributed by atoms with Crippen molar-refractivity contribution in [2.45, 2.75) is 19.9 Å². The molecule has 0 aliphatic heterocycles. The van der Waals surface area contributed by atoms with Gasteiger partial charge in [-0.1, -0.05) is 13.0 Å². The molecule has 0 spiro atoms. The second-order valence-electron chi connectivity index (χ2n) is 5.16. The molecule has 5 nitrogen and oxygen atoms in total. The summed E-state index contributed by atoms with van der Waals surface area (Å²) in [5, 5.41) is 3.41. The molecule has 0 aromatic heterocycles. The van der Waals surface area contributed by atoms with Crippen LogP contribution in [0.25, 0.3) is 0 Å². The lowest BCUT2D eigenvalue weighted by atomic mass is 10.1. The van der Waals surface area contributed by atoms with Crippen LogP contribution in [0.2, 0.25) is 0 Å². The molecule has 5 heteroatoms. The van der Waals surface area contributed by atoms with E-state index in [1.165, 1.54) is 5.56 Å². The van der Waals surface area contributed by atoms with Gasteiger partial charge in [0.25, 0.3) is 0 Å². The van der Waals surface area contributed by atoms with Gasteiger partial charge >= 0.3 is 0 Å². The largest absolute Gasteiger partial charge is 0.495 e. The normalized spacial score (nSPS) is 10.7. The molecule has 0 saturated carbocycles. The Balaban J connectivity index is 2.83. The van der Waals surface area contributed by atoms with Gasteiger partial charge in [-0.05, 0) is 30.7 Å². The van der Waals surface area contributed by atoms with Crippen LogP contribution in [0.5, 0.6) is 5.75 Å². The third-order valence-electron chi connectivity index (χ3n) is 3.47. The van der Waals surface area contributed by atoms with Gasteiger partial charge < -0.3 is 24.4 Å². The van der Waals surface area contributed by atoms with Crippen molar-refractivity contribution in [2.24, 2.45) is 0 Å². The number of methoxy groups -OCH3 is 3. The molecule has 0 bridgehead atoms. The topological polar surface area (TPSA) is 43.0 Å². The minimum Gasteiger partial charge on any atom is -0.495 e. The fraction of sp³-hybridized carbons (Fsp3) is 0.647. The fourth-order valence-electron chi connectivity index (χ4n) is 2.26. The van der Waals surface area contributed by atoms with E-state index in [4.69, 9.17) is 14.2 Å². The molecule has 0 amide bonds. The lowest BCUT2D eigenvalue weighted by Crippen LogP contribution is -2.31. The number of benzene rings is 1. The van der Waals surface area contributed by atoms with E-state index in [-0.39, 0.29) is 0 Å². The summed E-state index contributed by atoms with van der Waals surface area (Å²) in [6.07, 6.45) is 1.14. The third-order valence-corrected chi connectivity index (χ3v) is 3.47. The van der Waals surface area contributed by atoms with E-state index in [1.54, 1.807) is 21.3 Å². The van der Waals surface area contributed by atoms with Gasteiger partial charge in [0.1, 0.15) is 5.75 Å². The van der Waals surface area contributed by atoms with E-state index < -0.39 is 0 Å². The van der Waals surface area contributed by atoms with Gasteiger partial charge in [0.15, 0.2) is 0 Å². The Morgan fingerprint density at radius 3 is 2.27 bits per heavy atom. The monoisotopic (exact) mass is 310 g/mol. The van der Waals surface area contributed by atoms with Crippen LogP contribution >= 0.6 is 0 Å². The predicted octanol–water partition coefficient (Wildman–Crippen LogP) is 2.29. The lowest BCUT2D eigenvalue weighted by Gasteiger charge is -2.26. The summed E-state index contributed by atoms with van der Waals surface area (Å²) in [4.78, 5) is 2.23. The average Bonchev–Trinajstić information content (AvgIpc) is 2.55. The van der Waals surface area contributed by atoms with Crippen LogP contribution in [0.15, 0.2) is 18.2 Å². The number of nitrogens with one attached hydrogen (secondary N) is 1. The molecule has 1 rings (SSSR count). The Hall–Kier alpha value is -1.30. The van der Waals surface area contributed by atoms with Gasteiger partial charge in [0.2, 0.25) is 0 Å². The first-order chi connectivity index (χ1) is 10.8. The zero-order chi connectivity index (χ0) is 16.2. The Morgan fingerprint density at radius 2 is 1.73 bits per heavy atom. The molecule has 0 fully saturated rings. The summed E-state index contributed by atoms with van der Waals surface area (Å²) >= 11 is 0. The minimum absolute atomic E-state index is 0.673. The zero-order valence-corrected chi connectivity index (χ0v) is 14.4. The maximum atomic E-state index is 5.58. The SMILES string of the molecule is CCCNCc1ccc(N(CCOC)CCOC)c(OC)c1. The minimum atomic E-state index is 0.673. The molecule has 1 aromatic carbocycles. The molecule has 0 saturated heterocycles. The molecule has 1 aromatic rings. The third kappa shape index (κ3) is 6.22. The summed E-state index contributed by atoms with van der Waals surface area (Å²) in [7, 11) is 5.15. The summed E-state index contributed by atoms with van der Waals surface area (Å²) < 4.78 is 16.0. The van der Waals surface area contributed by atoms with E-state index in [9.17, 15) is 0 Å². The Morgan fingerprint density at radius 1 is 1.05 bits per heavy atom. The molecule has 22 heavy (non-hydrogen) atoms. The molecular formula is C17H30N2O3. The number of anilines is 1. The highest BCUT2D eigenvalue weighted by molar-refractivity contribution is 5.60. The highest BCUT2D eigenvalue weighted by Crippen LogP contribution is 2.29. The van der Waals surface area contributed by atoms with E-state index in [2.05, 4.69) is 35.3 Å². The Bertz CT molecular complexity index is 405. The van der Waals surface area contributed by atoms with Gasteiger partial charge in [-0.15, -0.1) is 0 Å². The summed E-state index contributed by atoms with van der Waals surface area (Å²) in [6, 6.07) is 6.37. The van der Waals surface area contributed by atoms with Crippen LogP contribution in [0.3, 0.4) is 0 Å². The van der Waals surface area contributed by atoms with Crippen molar-refractivity contribution in [3.63, 3.8) is 0 Å². The maximum absolute atomic E-state index is 5.58. The Kier molecular flexibility index (Phi) is 9.62. The van der Waals surface area contributed by atoms with Crippen molar-refractivity contribution in [1.82, 2.24) is 5.32 Å². The molecule has 0 heterocycles.